The van der Waals surface area contributed by atoms with Crippen LogP contribution in [0.25, 0.3) is 11.1 Å². The van der Waals surface area contributed by atoms with Crippen molar-refractivity contribution in [1.29, 1.82) is 0 Å². The number of hydroxylamine groups is 1. The average Bonchev–Trinajstić information content (AvgIpc) is 2.67. The summed E-state index contributed by atoms with van der Waals surface area (Å²) in [5, 5.41) is 15.1. The lowest BCUT2D eigenvalue weighted by Gasteiger charge is -2.26. The van der Waals surface area contributed by atoms with Crippen LogP contribution < -0.4 is 10.4 Å². The van der Waals surface area contributed by atoms with Gasteiger partial charge in [-0.1, -0.05) is 54.6 Å². The quantitative estimate of drug-likeness (QED) is 0.592. The van der Waals surface area contributed by atoms with Crippen LogP contribution in [-0.2, 0) is 0 Å². The number of hydrogen-bond acceptors (Lipinski definition) is 3. The van der Waals surface area contributed by atoms with E-state index in [-0.39, 0.29) is 6.04 Å². The van der Waals surface area contributed by atoms with Crippen LogP contribution in [0.4, 0.5) is 11.4 Å². The van der Waals surface area contributed by atoms with Crippen molar-refractivity contribution < 1.29 is 5.21 Å². The van der Waals surface area contributed by atoms with E-state index in [1.165, 1.54) is 16.2 Å². The Labute approximate surface area is 149 Å². The second-order valence-corrected chi connectivity index (χ2v) is 6.26. The molecule has 0 amide bonds. The van der Waals surface area contributed by atoms with Crippen LogP contribution in [0.5, 0.6) is 0 Å². The smallest absolute Gasteiger partial charge is 0.0784 e. The van der Waals surface area contributed by atoms with Gasteiger partial charge in [0.1, 0.15) is 0 Å². The number of para-hydroxylation sites is 1. The summed E-state index contributed by atoms with van der Waals surface area (Å²) in [6.07, 6.45) is 0. The Morgan fingerprint density at radius 2 is 1.40 bits per heavy atom. The number of nitrogens with one attached hydrogen (secondary N) is 1. The standard InChI is InChI=1S/C22H24N2O/c1-16-6-4-5-7-22(16)24(25)17(2)18-8-10-19(11-9-18)20-12-14-21(23-3)15-13-20/h4-15,17,23,25H,1-3H3. The molecule has 3 nitrogen and oxygen atoms in total. The van der Waals surface area contributed by atoms with Crippen molar-refractivity contribution in [3.8, 4) is 11.1 Å². The molecule has 0 aliphatic heterocycles. The van der Waals surface area contributed by atoms with Crippen molar-refractivity contribution in [2.75, 3.05) is 17.4 Å². The number of aryl methyl sites for hydroxylation is 1. The van der Waals surface area contributed by atoms with Crippen molar-refractivity contribution in [2.45, 2.75) is 19.9 Å². The molecule has 0 heterocycles. The van der Waals surface area contributed by atoms with Crippen molar-refractivity contribution in [3.05, 3.63) is 83.9 Å². The van der Waals surface area contributed by atoms with E-state index in [0.29, 0.717) is 0 Å². The molecule has 0 aliphatic rings. The number of anilines is 2. The largest absolute Gasteiger partial charge is 0.388 e. The van der Waals surface area contributed by atoms with Crippen molar-refractivity contribution in [3.63, 3.8) is 0 Å². The highest BCUT2D eigenvalue weighted by atomic mass is 16.5. The first-order chi connectivity index (χ1) is 12.1. The van der Waals surface area contributed by atoms with Gasteiger partial charge in [0.05, 0.1) is 11.7 Å². The van der Waals surface area contributed by atoms with Crippen molar-refractivity contribution in [1.82, 2.24) is 0 Å². The third-order valence-corrected chi connectivity index (χ3v) is 4.63. The summed E-state index contributed by atoms with van der Waals surface area (Å²) in [5.74, 6) is 0. The fourth-order valence-electron chi connectivity index (χ4n) is 2.95. The number of nitrogens with zero attached hydrogens (tertiary/aromatic N) is 1. The molecule has 0 fully saturated rings. The van der Waals surface area contributed by atoms with Crippen LogP contribution in [-0.4, -0.2) is 12.3 Å². The van der Waals surface area contributed by atoms with Crippen LogP contribution in [0.1, 0.15) is 24.1 Å². The molecule has 0 saturated heterocycles. The highest BCUT2D eigenvalue weighted by molar-refractivity contribution is 5.66. The minimum atomic E-state index is -0.123. The van der Waals surface area contributed by atoms with Crippen molar-refractivity contribution >= 4 is 11.4 Å². The molecule has 0 radical (unpaired) electrons. The second kappa shape index (κ2) is 7.41. The maximum absolute atomic E-state index is 10.6. The molecule has 0 aromatic heterocycles. The monoisotopic (exact) mass is 332 g/mol. The highest BCUT2D eigenvalue weighted by Gasteiger charge is 2.16. The van der Waals surface area contributed by atoms with Crippen LogP contribution in [0, 0.1) is 6.92 Å². The lowest BCUT2D eigenvalue weighted by atomic mass is 10.0. The van der Waals surface area contributed by atoms with Gasteiger partial charge in [-0.2, -0.15) is 0 Å². The maximum Gasteiger partial charge on any atom is 0.0784 e. The van der Waals surface area contributed by atoms with Gasteiger partial charge in [-0.05, 0) is 54.3 Å². The summed E-state index contributed by atoms with van der Waals surface area (Å²) in [7, 11) is 1.92. The highest BCUT2D eigenvalue weighted by Crippen LogP contribution is 2.29. The fourth-order valence-corrected chi connectivity index (χ4v) is 2.95. The molecule has 25 heavy (non-hydrogen) atoms. The normalized spacial score (nSPS) is 11.8. The predicted molar refractivity (Wildman–Crippen MR) is 105 cm³/mol. The van der Waals surface area contributed by atoms with Gasteiger partial charge in [-0.25, -0.2) is 5.06 Å². The van der Waals surface area contributed by atoms with Gasteiger partial charge in [-0.3, -0.25) is 5.21 Å². The first-order valence-corrected chi connectivity index (χ1v) is 8.52. The molecule has 3 aromatic carbocycles. The van der Waals surface area contributed by atoms with Gasteiger partial charge >= 0.3 is 0 Å². The lowest BCUT2D eigenvalue weighted by Crippen LogP contribution is -2.23. The Kier molecular flexibility index (Phi) is 5.05. The number of rotatable bonds is 5. The minimum Gasteiger partial charge on any atom is -0.388 e. The summed E-state index contributed by atoms with van der Waals surface area (Å²) >= 11 is 0. The summed E-state index contributed by atoms with van der Waals surface area (Å²) in [6, 6.07) is 24.4. The zero-order chi connectivity index (χ0) is 17.8. The Morgan fingerprint density at radius 1 is 0.840 bits per heavy atom. The Hall–Kier alpha value is -2.78. The van der Waals surface area contributed by atoms with Gasteiger partial charge in [0.15, 0.2) is 0 Å². The summed E-state index contributed by atoms with van der Waals surface area (Å²) in [5.41, 5.74) is 6.40. The SMILES string of the molecule is CNc1ccc(-c2ccc(C(C)N(O)c3ccccc3C)cc2)cc1. The Bertz CT molecular complexity index is 825. The maximum atomic E-state index is 10.6. The molecule has 0 bridgehead atoms. The molecule has 3 aromatic rings. The molecule has 1 atom stereocenters. The van der Waals surface area contributed by atoms with Gasteiger partial charge in [-0.15, -0.1) is 0 Å². The van der Waals surface area contributed by atoms with Gasteiger partial charge in [0.25, 0.3) is 0 Å². The number of benzene rings is 3. The third-order valence-electron chi connectivity index (χ3n) is 4.63. The number of hydrogen-bond donors (Lipinski definition) is 2. The molecule has 0 spiro atoms. The average molecular weight is 332 g/mol. The Morgan fingerprint density at radius 3 is 1.96 bits per heavy atom. The van der Waals surface area contributed by atoms with Crippen molar-refractivity contribution in [2.24, 2.45) is 0 Å². The van der Waals surface area contributed by atoms with Crippen LogP contribution >= 0.6 is 0 Å². The van der Waals surface area contributed by atoms with Gasteiger partial charge in [0, 0.05) is 12.7 Å². The van der Waals surface area contributed by atoms with E-state index < -0.39 is 0 Å². The zero-order valence-electron chi connectivity index (χ0n) is 14.9. The molecular weight excluding hydrogens is 308 g/mol. The first kappa shape index (κ1) is 17.1. The van der Waals surface area contributed by atoms with Crippen LogP contribution in [0.3, 0.4) is 0 Å². The summed E-state index contributed by atoms with van der Waals surface area (Å²) in [6.45, 7) is 4.01. The molecule has 3 heteroatoms. The second-order valence-electron chi connectivity index (χ2n) is 6.26. The summed E-state index contributed by atoms with van der Waals surface area (Å²) < 4.78 is 0. The van der Waals surface area contributed by atoms with E-state index in [1.54, 1.807) is 0 Å². The zero-order valence-corrected chi connectivity index (χ0v) is 14.9. The fraction of sp³-hybridized carbons (Fsp3) is 0.182. The Balaban J connectivity index is 1.80. The van der Waals surface area contributed by atoms with E-state index >= 15 is 0 Å². The minimum absolute atomic E-state index is 0.123. The van der Waals surface area contributed by atoms with Gasteiger partial charge < -0.3 is 5.32 Å². The van der Waals surface area contributed by atoms with E-state index in [2.05, 4.69) is 53.8 Å². The topological polar surface area (TPSA) is 35.5 Å². The molecule has 1 unspecified atom stereocenters. The third kappa shape index (κ3) is 3.67. The molecular formula is C22H24N2O. The first-order valence-electron chi connectivity index (χ1n) is 8.52. The molecule has 3 rings (SSSR count). The molecule has 2 N–H and O–H groups in total. The predicted octanol–water partition coefficient (Wildman–Crippen LogP) is 5.66. The van der Waals surface area contributed by atoms with E-state index in [0.717, 1.165) is 22.5 Å². The van der Waals surface area contributed by atoms with Crippen LogP contribution in [0.2, 0.25) is 0 Å². The van der Waals surface area contributed by atoms with Crippen LogP contribution in [0.15, 0.2) is 72.8 Å². The summed E-state index contributed by atoms with van der Waals surface area (Å²) in [4.78, 5) is 0. The molecule has 128 valence electrons. The lowest BCUT2D eigenvalue weighted by molar-refractivity contribution is 0.223. The van der Waals surface area contributed by atoms with E-state index in [1.807, 2.05) is 45.2 Å². The molecule has 0 aliphatic carbocycles. The van der Waals surface area contributed by atoms with Gasteiger partial charge in [0.2, 0.25) is 0 Å². The van der Waals surface area contributed by atoms with E-state index in [9.17, 15) is 5.21 Å². The molecule has 0 saturated carbocycles. The van der Waals surface area contributed by atoms with E-state index in [4.69, 9.17) is 0 Å².